The van der Waals surface area contributed by atoms with Crippen molar-refractivity contribution in [3.8, 4) is 0 Å². The maximum atomic E-state index is 10.7. The van der Waals surface area contributed by atoms with Gasteiger partial charge < -0.3 is 14.9 Å². The first-order chi connectivity index (χ1) is 6.50. The Kier molecular flexibility index (Phi) is 3.43. The number of hydrogen-bond acceptors (Lipinski definition) is 4. The summed E-state index contributed by atoms with van der Waals surface area (Å²) in [4.78, 5) is 10.7. The minimum absolute atomic E-state index is 0.0632. The Hall–Kier alpha value is -1.13. The fraction of sp³-hybridized carbons (Fsp3) is 0.500. The highest BCUT2D eigenvalue weighted by atomic mass is 16.5. The van der Waals surface area contributed by atoms with E-state index in [1.54, 1.807) is 0 Å². The van der Waals surface area contributed by atoms with Crippen LogP contribution >= 0.6 is 0 Å². The molecule has 2 N–H and O–H groups in total. The monoisotopic (exact) mass is 198 g/mol. The summed E-state index contributed by atoms with van der Waals surface area (Å²) in [7, 11) is 0. The third-order valence-corrected chi connectivity index (χ3v) is 1.89. The van der Waals surface area contributed by atoms with Crippen LogP contribution in [-0.2, 0) is 9.53 Å². The highest BCUT2D eigenvalue weighted by Crippen LogP contribution is 2.15. The van der Waals surface area contributed by atoms with Gasteiger partial charge in [0.1, 0.15) is 18.8 Å². The highest BCUT2D eigenvalue weighted by Gasteiger charge is 2.24. The highest BCUT2D eigenvalue weighted by molar-refractivity contribution is 5.85. The molecule has 4 nitrogen and oxygen atoms in total. The molecule has 0 aliphatic carbocycles. The van der Waals surface area contributed by atoms with Crippen molar-refractivity contribution in [2.24, 2.45) is 0 Å². The van der Waals surface area contributed by atoms with Crippen LogP contribution in [-0.4, -0.2) is 35.0 Å². The molecule has 0 aromatic carbocycles. The van der Waals surface area contributed by atoms with Crippen LogP contribution in [0.1, 0.15) is 13.8 Å². The zero-order chi connectivity index (χ0) is 10.7. The summed E-state index contributed by atoms with van der Waals surface area (Å²) in [6.07, 6.45) is 0.707. The number of esters is 1. The van der Waals surface area contributed by atoms with Gasteiger partial charge in [0.2, 0.25) is 0 Å². The molecule has 0 saturated carbocycles. The van der Waals surface area contributed by atoms with Crippen LogP contribution in [0.25, 0.3) is 0 Å². The van der Waals surface area contributed by atoms with Crippen LogP contribution < -0.4 is 0 Å². The van der Waals surface area contributed by atoms with Crippen LogP contribution in [0.2, 0.25) is 0 Å². The predicted molar refractivity (Wildman–Crippen MR) is 50.5 cm³/mol. The maximum absolute atomic E-state index is 10.7. The Morgan fingerprint density at radius 1 is 1.57 bits per heavy atom. The molecule has 0 radical (unpaired) electrons. The molecule has 14 heavy (non-hydrogen) atoms. The molecule has 0 saturated heterocycles. The van der Waals surface area contributed by atoms with Gasteiger partial charge in [0.25, 0.3) is 0 Å². The number of hydrogen-bond donors (Lipinski definition) is 2. The number of carbonyl (C=O) groups is 1. The third kappa shape index (κ3) is 2.68. The molecule has 2 atom stereocenters. The summed E-state index contributed by atoms with van der Waals surface area (Å²) in [5, 5.41) is 19.1. The van der Waals surface area contributed by atoms with E-state index in [2.05, 4.69) is 4.74 Å². The van der Waals surface area contributed by atoms with Gasteiger partial charge in [0.15, 0.2) is 0 Å². The largest absolute Gasteiger partial charge is 0.458 e. The Labute approximate surface area is 82.5 Å². The Balaban J connectivity index is 2.65. The van der Waals surface area contributed by atoms with Crippen LogP contribution in [0.3, 0.4) is 0 Å². The standard InChI is InChI=1S/C10H14O4/c1-6(2)3-8(11)10(13)7-4-9(12)14-5-7/h3-4,8,10-11,13H,5H2,1-2H3/t8-,10-/m0/s1. The molecular weight excluding hydrogens is 184 g/mol. The van der Waals surface area contributed by atoms with E-state index in [1.807, 2.05) is 13.8 Å². The number of allylic oxidation sites excluding steroid dienone is 1. The van der Waals surface area contributed by atoms with Gasteiger partial charge >= 0.3 is 5.97 Å². The molecule has 1 aliphatic rings. The van der Waals surface area contributed by atoms with Gasteiger partial charge in [-0.25, -0.2) is 4.79 Å². The van der Waals surface area contributed by atoms with Crippen molar-refractivity contribution in [3.63, 3.8) is 0 Å². The average molecular weight is 198 g/mol. The van der Waals surface area contributed by atoms with Crippen molar-refractivity contribution in [2.75, 3.05) is 6.61 Å². The molecule has 0 bridgehead atoms. The molecule has 0 fully saturated rings. The van der Waals surface area contributed by atoms with Crippen molar-refractivity contribution < 1.29 is 19.7 Å². The maximum Gasteiger partial charge on any atom is 0.331 e. The smallest absolute Gasteiger partial charge is 0.331 e. The molecule has 4 heteroatoms. The second kappa shape index (κ2) is 4.39. The van der Waals surface area contributed by atoms with E-state index < -0.39 is 18.2 Å². The van der Waals surface area contributed by atoms with E-state index in [0.717, 1.165) is 5.57 Å². The van der Waals surface area contributed by atoms with Crippen LogP contribution in [0.5, 0.6) is 0 Å². The second-order valence-electron chi connectivity index (χ2n) is 3.51. The number of aliphatic hydroxyl groups excluding tert-OH is 2. The van der Waals surface area contributed by atoms with E-state index in [-0.39, 0.29) is 6.61 Å². The number of aliphatic hydroxyl groups is 2. The van der Waals surface area contributed by atoms with E-state index in [0.29, 0.717) is 5.57 Å². The molecule has 78 valence electrons. The third-order valence-electron chi connectivity index (χ3n) is 1.89. The van der Waals surface area contributed by atoms with Gasteiger partial charge in [0.05, 0.1) is 0 Å². The van der Waals surface area contributed by atoms with Crippen LogP contribution in [0.4, 0.5) is 0 Å². The van der Waals surface area contributed by atoms with Crippen LogP contribution in [0, 0.1) is 0 Å². The van der Waals surface area contributed by atoms with Crippen molar-refractivity contribution in [3.05, 3.63) is 23.3 Å². The van der Waals surface area contributed by atoms with E-state index >= 15 is 0 Å². The Morgan fingerprint density at radius 3 is 2.64 bits per heavy atom. The van der Waals surface area contributed by atoms with Gasteiger partial charge in [-0.05, 0) is 13.8 Å². The first-order valence-electron chi connectivity index (χ1n) is 4.39. The van der Waals surface area contributed by atoms with E-state index in [4.69, 9.17) is 0 Å². The zero-order valence-electron chi connectivity index (χ0n) is 8.23. The Morgan fingerprint density at radius 2 is 2.21 bits per heavy atom. The molecule has 1 heterocycles. The van der Waals surface area contributed by atoms with Gasteiger partial charge in [-0.15, -0.1) is 0 Å². The minimum atomic E-state index is -1.06. The molecule has 0 unspecified atom stereocenters. The summed E-state index contributed by atoms with van der Waals surface area (Å²) in [6, 6.07) is 0. The first-order valence-corrected chi connectivity index (χ1v) is 4.39. The number of carbonyl (C=O) groups excluding carboxylic acids is 1. The lowest BCUT2D eigenvalue weighted by Crippen LogP contribution is -2.26. The summed E-state index contributed by atoms with van der Waals surface area (Å²) >= 11 is 0. The second-order valence-corrected chi connectivity index (χ2v) is 3.51. The molecule has 0 amide bonds. The normalized spacial score (nSPS) is 19.7. The molecule has 0 aromatic rings. The summed E-state index contributed by atoms with van der Waals surface area (Å²) < 4.78 is 4.62. The summed E-state index contributed by atoms with van der Waals surface area (Å²) in [6.45, 7) is 3.70. The lowest BCUT2D eigenvalue weighted by Gasteiger charge is -2.15. The summed E-state index contributed by atoms with van der Waals surface area (Å²) in [5.41, 5.74) is 1.32. The van der Waals surface area contributed by atoms with Gasteiger partial charge in [-0.1, -0.05) is 11.6 Å². The van der Waals surface area contributed by atoms with Gasteiger partial charge in [-0.3, -0.25) is 0 Å². The number of rotatable bonds is 3. The van der Waals surface area contributed by atoms with Crippen molar-refractivity contribution in [1.82, 2.24) is 0 Å². The topological polar surface area (TPSA) is 66.8 Å². The van der Waals surface area contributed by atoms with E-state index in [1.165, 1.54) is 12.2 Å². The van der Waals surface area contributed by atoms with Crippen molar-refractivity contribution in [2.45, 2.75) is 26.1 Å². The van der Waals surface area contributed by atoms with Crippen LogP contribution in [0.15, 0.2) is 23.3 Å². The number of ether oxygens (including phenoxy) is 1. The molecule has 0 spiro atoms. The van der Waals surface area contributed by atoms with Crippen molar-refractivity contribution >= 4 is 5.97 Å². The quantitative estimate of drug-likeness (QED) is 0.500. The molecule has 0 aromatic heterocycles. The SMILES string of the molecule is CC(C)=C[C@H](O)[C@@H](O)C1=CC(=O)OC1. The first kappa shape index (κ1) is 10.9. The van der Waals surface area contributed by atoms with Crippen molar-refractivity contribution in [1.29, 1.82) is 0 Å². The average Bonchev–Trinajstić information content (AvgIpc) is 2.49. The van der Waals surface area contributed by atoms with Gasteiger partial charge in [0, 0.05) is 11.6 Å². The number of cyclic esters (lactones) is 1. The summed E-state index contributed by atoms with van der Waals surface area (Å²) in [5.74, 6) is -0.469. The molecule has 1 aliphatic heterocycles. The lowest BCUT2D eigenvalue weighted by molar-refractivity contribution is -0.135. The molecule has 1 rings (SSSR count). The molecular formula is C10H14O4. The lowest BCUT2D eigenvalue weighted by atomic mass is 10.0. The zero-order valence-corrected chi connectivity index (χ0v) is 8.23. The fourth-order valence-electron chi connectivity index (χ4n) is 1.21. The Bertz CT molecular complexity index is 286. The minimum Gasteiger partial charge on any atom is -0.458 e. The van der Waals surface area contributed by atoms with Gasteiger partial charge in [-0.2, -0.15) is 0 Å². The predicted octanol–water partition coefficient (Wildman–Crippen LogP) is 0.158. The fourth-order valence-corrected chi connectivity index (χ4v) is 1.21. The van der Waals surface area contributed by atoms with E-state index in [9.17, 15) is 15.0 Å².